The zero-order valence-corrected chi connectivity index (χ0v) is 17.4. The molecule has 2 nitrogen and oxygen atoms in total. The van der Waals surface area contributed by atoms with E-state index >= 15 is 0 Å². The average Bonchev–Trinajstić information content (AvgIpc) is 2.94. The Bertz CT molecular complexity index is 1190. The molecule has 0 saturated carbocycles. The second kappa shape index (κ2) is 6.45. The molecule has 0 radical (unpaired) electrons. The van der Waals surface area contributed by atoms with E-state index in [1.54, 1.807) is 0 Å². The number of rotatable bonds is 2. The van der Waals surface area contributed by atoms with Crippen LogP contribution in [0, 0.1) is 0 Å². The molecule has 0 amide bonds. The van der Waals surface area contributed by atoms with Gasteiger partial charge in [0, 0.05) is 0 Å². The molecule has 4 aromatic rings. The van der Waals surface area contributed by atoms with Crippen LogP contribution in [0.25, 0.3) is 32.7 Å². The van der Waals surface area contributed by atoms with Gasteiger partial charge in [0.2, 0.25) is 0 Å². The van der Waals surface area contributed by atoms with Gasteiger partial charge in [-0.25, -0.2) is 0 Å². The van der Waals surface area contributed by atoms with E-state index in [1.807, 2.05) is 0 Å². The maximum atomic E-state index is 6.17. The summed E-state index contributed by atoms with van der Waals surface area (Å²) >= 11 is 0. The van der Waals surface area contributed by atoms with E-state index in [1.165, 1.54) is 32.7 Å². The van der Waals surface area contributed by atoms with Crippen LogP contribution in [0.1, 0.15) is 27.7 Å². The van der Waals surface area contributed by atoms with Gasteiger partial charge in [0.1, 0.15) is 0 Å². The van der Waals surface area contributed by atoms with Crippen LogP contribution in [-0.2, 0) is 9.31 Å². The van der Waals surface area contributed by atoms with Crippen molar-refractivity contribution in [1.29, 1.82) is 0 Å². The Kier molecular flexibility index (Phi) is 4.09. The smallest absolute Gasteiger partial charge is 0.399 e. The van der Waals surface area contributed by atoms with Crippen LogP contribution < -0.4 is 5.46 Å². The normalized spacial score (nSPS) is 17.9. The van der Waals surface area contributed by atoms with Gasteiger partial charge >= 0.3 is 7.12 Å². The molecule has 0 atom stereocenters. The van der Waals surface area contributed by atoms with Gasteiger partial charge in [0.15, 0.2) is 0 Å². The van der Waals surface area contributed by atoms with Gasteiger partial charge in [-0.3, -0.25) is 0 Å². The van der Waals surface area contributed by atoms with Gasteiger partial charge in [-0.1, -0.05) is 72.8 Å². The molecule has 1 heterocycles. The highest BCUT2D eigenvalue weighted by Gasteiger charge is 2.51. The summed E-state index contributed by atoms with van der Waals surface area (Å²) in [7, 11) is -0.322. The Balaban J connectivity index is 1.47. The first-order valence-corrected chi connectivity index (χ1v) is 10.2. The zero-order chi connectivity index (χ0) is 20.2. The summed E-state index contributed by atoms with van der Waals surface area (Å²) in [6.45, 7) is 8.33. The van der Waals surface area contributed by atoms with E-state index in [2.05, 4.69) is 107 Å². The molecular formula is C26H25BO2. The molecule has 0 aromatic heterocycles. The maximum absolute atomic E-state index is 6.17. The quantitative estimate of drug-likeness (QED) is 0.316. The van der Waals surface area contributed by atoms with Crippen LogP contribution >= 0.6 is 0 Å². The highest BCUT2D eigenvalue weighted by molar-refractivity contribution is 6.62. The van der Waals surface area contributed by atoms with Crippen molar-refractivity contribution in [3.8, 4) is 11.1 Å². The summed E-state index contributed by atoms with van der Waals surface area (Å²) in [4.78, 5) is 0. The van der Waals surface area contributed by atoms with Gasteiger partial charge in [-0.15, -0.1) is 0 Å². The number of hydrogen-bond donors (Lipinski definition) is 0. The molecule has 0 unspecified atom stereocenters. The van der Waals surface area contributed by atoms with E-state index in [0.29, 0.717) is 0 Å². The highest BCUT2D eigenvalue weighted by atomic mass is 16.7. The molecule has 1 fully saturated rings. The zero-order valence-electron chi connectivity index (χ0n) is 17.4. The van der Waals surface area contributed by atoms with Crippen molar-refractivity contribution in [3.05, 3.63) is 78.9 Å². The van der Waals surface area contributed by atoms with Crippen molar-refractivity contribution in [3.63, 3.8) is 0 Å². The minimum Gasteiger partial charge on any atom is -0.399 e. The summed E-state index contributed by atoms with van der Waals surface area (Å²) in [6.07, 6.45) is 0. The molecule has 1 aliphatic rings. The average molecular weight is 380 g/mol. The summed E-state index contributed by atoms with van der Waals surface area (Å²) in [5.74, 6) is 0. The largest absolute Gasteiger partial charge is 0.494 e. The van der Waals surface area contributed by atoms with E-state index in [-0.39, 0.29) is 18.3 Å². The van der Waals surface area contributed by atoms with Crippen molar-refractivity contribution < 1.29 is 9.31 Å². The van der Waals surface area contributed by atoms with Crippen LogP contribution in [-0.4, -0.2) is 18.3 Å². The molecule has 0 bridgehead atoms. The van der Waals surface area contributed by atoms with Crippen molar-refractivity contribution in [2.75, 3.05) is 0 Å². The molecule has 1 saturated heterocycles. The fourth-order valence-electron chi connectivity index (χ4n) is 4.00. The first-order chi connectivity index (χ1) is 13.8. The number of hydrogen-bond acceptors (Lipinski definition) is 2. The Morgan fingerprint density at radius 1 is 0.586 bits per heavy atom. The van der Waals surface area contributed by atoms with Crippen LogP contribution in [0.5, 0.6) is 0 Å². The maximum Gasteiger partial charge on any atom is 0.494 e. The second-order valence-electron chi connectivity index (χ2n) is 8.93. The SMILES string of the molecule is CC1(C)OB(c2ccc(-c3ccc4c(ccc5ccccc54)c3)cc2)OC1(C)C. The minimum absolute atomic E-state index is 0.322. The first kappa shape index (κ1) is 18.4. The highest BCUT2D eigenvalue weighted by Crippen LogP contribution is 2.36. The first-order valence-electron chi connectivity index (χ1n) is 10.2. The third kappa shape index (κ3) is 3.06. The Morgan fingerprint density at radius 3 is 1.90 bits per heavy atom. The van der Waals surface area contributed by atoms with Gasteiger partial charge in [0.25, 0.3) is 0 Å². The Hall–Kier alpha value is -2.62. The molecule has 0 spiro atoms. The van der Waals surface area contributed by atoms with Gasteiger partial charge in [-0.2, -0.15) is 0 Å². The topological polar surface area (TPSA) is 18.5 Å². The number of fused-ring (bicyclic) bond motifs is 3. The van der Waals surface area contributed by atoms with Crippen LogP contribution in [0.2, 0.25) is 0 Å². The molecule has 4 aromatic carbocycles. The van der Waals surface area contributed by atoms with E-state index in [4.69, 9.17) is 9.31 Å². The molecule has 0 N–H and O–H groups in total. The van der Waals surface area contributed by atoms with Crippen LogP contribution in [0.3, 0.4) is 0 Å². The van der Waals surface area contributed by atoms with E-state index < -0.39 is 0 Å². The fourth-order valence-corrected chi connectivity index (χ4v) is 4.00. The molecule has 144 valence electrons. The monoisotopic (exact) mass is 380 g/mol. The summed E-state index contributed by atoms with van der Waals surface area (Å²) < 4.78 is 12.3. The van der Waals surface area contributed by atoms with E-state index in [0.717, 1.165) is 5.46 Å². The minimum atomic E-state index is -0.322. The summed E-state index contributed by atoms with van der Waals surface area (Å²) in [6, 6.07) is 28.2. The van der Waals surface area contributed by atoms with Gasteiger partial charge < -0.3 is 9.31 Å². The third-order valence-electron chi connectivity index (χ3n) is 6.51. The standard InChI is InChI=1S/C26H25BO2/c1-25(2)26(3,4)29-27(28-25)22-14-11-18(12-15-22)20-13-16-24-21(17-20)10-9-19-7-5-6-8-23(19)24/h5-17H,1-4H3. The van der Waals surface area contributed by atoms with Crippen molar-refractivity contribution >= 4 is 34.1 Å². The molecule has 1 aliphatic heterocycles. The lowest BCUT2D eigenvalue weighted by Crippen LogP contribution is -2.41. The Labute approximate surface area is 172 Å². The summed E-state index contributed by atoms with van der Waals surface area (Å²) in [5.41, 5.74) is 2.82. The van der Waals surface area contributed by atoms with Gasteiger partial charge in [0.05, 0.1) is 11.2 Å². The Morgan fingerprint density at radius 2 is 1.17 bits per heavy atom. The lowest BCUT2D eigenvalue weighted by molar-refractivity contribution is 0.00578. The molecule has 0 aliphatic carbocycles. The molecule has 5 rings (SSSR count). The fraction of sp³-hybridized carbons (Fsp3) is 0.231. The predicted octanol–water partition coefficient (Wildman–Crippen LogP) is 5.96. The summed E-state index contributed by atoms with van der Waals surface area (Å²) in [5, 5.41) is 5.13. The lowest BCUT2D eigenvalue weighted by atomic mass is 9.78. The second-order valence-corrected chi connectivity index (χ2v) is 8.93. The molecule has 29 heavy (non-hydrogen) atoms. The van der Waals surface area contributed by atoms with Gasteiger partial charge in [-0.05, 0) is 71.9 Å². The van der Waals surface area contributed by atoms with Crippen molar-refractivity contribution in [2.45, 2.75) is 38.9 Å². The van der Waals surface area contributed by atoms with Crippen molar-refractivity contribution in [2.24, 2.45) is 0 Å². The molecule has 3 heteroatoms. The van der Waals surface area contributed by atoms with E-state index in [9.17, 15) is 0 Å². The van der Waals surface area contributed by atoms with Crippen LogP contribution in [0.15, 0.2) is 78.9 Å². The van der Waals surface area contributed by atoms with Crippen LogP contribution in [0.4, 0.5) is 0 Å². The molecular weight excluding hydrogens is 355 g/mol. The van der Waals surface area contributed by atoms with Crippen molar-refractivity contribution in [1.82, 2.24) is 0 Å². The lowest BCUT2D eigenvalue weighted by Gasteiger charge is -2.32. The number of benzene rings is 4. The third-order valence-corrected chi connectivity index (χ3v) is 6.51. The predicted molar refractivity (Wildman–Crippen MR) is 123 cm³/mol.